The maximum Gasteiger partial charge on any atom is 0.187 e. The highest BCUT2D eigenvalue weighted by Gasteiger charge is 1.99. The van der Waals surface area contributed by atoms with E-state index in [-0.39, 0.29) is 5.78 Å². The molecule has 78 valence electrons. The second-order valence-corrected chi connectivity index (χ2v) is 3.23. The molecule has 0 aliphatic carbocycles. The highest BCUT2D eigenvalue weighted by Crippen LogP contribution is 2.03. The Morgan fingerprint density at radius 2 is 1.81 bits per heavy atom. The van der Waals surface area contributed by atoms with Gasteiger partial charge in [0.25, 0.3) is 0 Å². The third kappa shape index (κ3) is 2.60. The van der Waals surface area contributed by atoms with E-state index >= 15 is 0 Å². The smallest absolute Gasteiger partial charge is 0.187 e. The van der Waals surface area contributed by atoms with Gasteiger partial charge in [-0.3, -0.25) is 14.8 Å². The van der Waals surface area contributed by atoms with Gasteiger partial charge in [0.05, 0.1) is 0 Å². The van der Waals surface area contributed by atoms with Gasteiger partial charge >= 0.3 is 0 Å². The monoisotopic (exact) mass is 210 g/mol. The van der Waals surface area contributed by atoms with Crippen molar-refractivity contribution in [3.63, 3.8) is 0 Å². The fraction of sp³-hybridized carbons (Fsp3) is 0. The topological polar surface area (TPSA) is 42.9 Å². The number of carbonyl (C=O) groups excluding carboxylic acids is 1. The molecule has 0 unspecified atom stereocenters. The molecule has 3 heteroatoms. The molecule has 3 nitrogen and oxygen atoms in total. The third-order valence-electron chi connectivity index (χ3n) is 2.06. The Balaban J connectivity index is 2.12. The van der Waals surface area contributed by atoms with Gasteiger partial charge in [-0.2, -0.15) is 0 Å². The second kappa shape index (κ2) is 4.98. The number of hydrogen-bond donors (Lipinski definition) is 0. The van der Waals surface area contributed by atoms with Gasteiger partial charge in [-0.15, -0.1) is 0 Å². The van der Waals surface area contributed by atoms with Gasteiger partial charge in [-0.25, -0.2) is 0 Å². The summed E-state index contributed by atoms with van der Waals surface area (Å²) in [7, 11) is 0. The Hall–Kier alpha value is -2.29. The number of allylic oxidation sites excluding steroid dienone is 1. The molecule has 0 atom stereocenters. The lowest BCUT2D eigenvalue weighted by Gasteiger charge is -1.93. The van der Waals surface area contributed by atoms with E-state index < -0.39 is 0 Å². The van der Waals surface area contributed by atoms with Crippen LogP contribution in [-0.4, -0.2) is 15.8 Å². The van der Waals surface area contributed by atoms with E-state index in [1.807, 2.05) is 12.1 Å². The van der Waals surface area contributed by atoms with Gasteiger partial charge in [0.15, 0.2) is 5.78 Å². The lowest BCUT2D eigenvalue weighted by atomic mass is 10.1. The number of ketones is 1. The van der Waals surface area contributed by atoms with Crippen molar-refractivity contribution < 1.29 is 4.79 Å². The lowest BCUT2D eigenvalue weighted by molar-refractivity contribution is 0.104. The minimum absolute atomic E-state index is 0.0584. The molecule has 0 spiro atoms. The molecule has 0 aliphatic heterocycles. The molecular formula is C13H10N2O. The van der Waals surface area contributed by atoms with E-state index in [1.165, 1.54) is 6.08 Å². The van der Waals surface area contributed by atoms with Crippen molar-refractivity contribution in [1.29, 1.82) is 0 Å². The Bertz CT molecular complexity index is 492. The summed E-state index contributed by atoms with van der Waals surface area (Å²) in [6, 6.07) is 7.20. The van der Waals surface area contributed by atoms with E-state index in [9.17, 15) is 4.79 Å². The first kappa shape index (κ1) is 10.2. The average Bonchev–Trinajstić information content (AvgIpc) is 2.38. The molecule has 2 heterocycles. The quantitative estimate of drug-likeness (QED) is 0.577. The lowest BCUT2D eigenvalue weighted by Crippen LogP contribution is -1.93. The first-order chi connectivity index (χ1) is 7.86. The van der Waals surface area contributed by atoms with Gasteiger partial charge < -0.3 is 0 Å². The molecule has 0 saturated heterocycles. The zero-order chi connectivity index (χ0) is 11.2. The van der Waals surface area contributed by atoms with Crippen LogP contribution in [0.5, 0.6) is 0 Å². The molecule has 0 bridgehead atoms. The van der Waals surface area contributed by atoms with Crippen LogP contribution in [0.3, 0.4) is 0 Å². The van der Waals surface area contributed by atoms with Gasteiger partial charge in [0.2, 0.25) is 0 Å². The Morgan fingerprint density at radius 3 is 2.44 bits per heavy atom. The van der Waals surface area contributed by atoms with E-state index in [4.69, 9.17) is 0 Å². The number of rotatable bonds is 3. The molecule has 0 radical (unpaired) electrons. The van der Waals surface area contributed by atoms with E-state index in [0.717, 1.165) is 5.56 Å². The van der Waals surface area contributed by atoms with Crippen LogP contribution in [-0.2, 0) is 0 Å². The molecule has 0 aliphatic rings. The summed E-state index contributed by atoms with van der Waals surface area (Å²) >= 11 is 0. The summed E-state index contributed by atoms with van der Waals surface area (Å²) in [6.45, 7) is 0. The Kier molecular flexibility index (Phi) is 3.18. The van der Waals surface area contributed by atoms with Crippen molar-refractivity contribution in [1.82, 2.24) is 9.97 Å². The predicted octanol–water partition coefficient (Wildman–Crippen LogP) is 2.37. The van der Waals surface area contributed by atoms with Crippen LogP contribution in [0.1, 0.15) is 15.9 Å². The van der Waals surface area contributed by atoms with E-state index in [0.29, 0.717) is 5.56 Å². The summed E-state index contributed by atoms with van der Waals surface area (Å²) in [6.07, 6.45) is 9.85. The zero-order valence-corrected chi connectivity index (χ0v) is 8.58. The van der Waals surface area contributed by atoms with Crippen LogP contribution in [0.25, 0.3) is 6.08 Å². The van der Waals surface area contributed by atoms with Crippen molar-refractivity contribution in [2.24, 2.45) is 0 Å². The number of pyridine rings is 2. The molecule has 2 aromatic rings. The van der Waals surface area contributed by atoms with Crippen LogP contribution >= 0.6 is 0 Å². The van der Waals surface area contributed by atoms with Crippen molar-refractivity contribution in [3.8, 4) is 0 Å². The predicted molar refractivity (Wildman–Crippen MR) is 61.8 cm³/mol. The number of nitrogens with zero attached hydrogens (tertiary/aromatic N) is 2. The average molecular weight is 210 g/mol. The Morgan fingerprint density at radius 1 is 1.06 bits per heavy atom. The molecular weight excluding hydrogens is 200 g/mol. The second-order valence-electron chi connectivity index (χ2n) is 3.23. The first-order valence-corrected chi connectivity index (χ1v) is 4.89. The number of carbonyl (C=O) groups is 1. The number of aromatic nitrogens is 2. The van der Waals surface area contributed by atoms with Crippen molar-refractivity contribution in [3.05, 3.63) is 66.3 Å². The Labute approximate surface area is 93.5 Å². The largest absolute Gasteiger partial charge is 0.289 e. The molecule has 0 fully saturated rings. The van der Waals surface area contributed by atoms with Crippen LogP contribution in [0.2, 0.25) is 0 Å². The fourth-order valence-corrected chi connectivity index (χ4v) is 1.25. The van der Waals surface area contributed by atoms with Crippen LogP contribution in [0, 0.1) is 0 Å². The summed E-state index contributed by atoms with van der Waals surface area (Å²) in [5, 5.41) is 0. The van der Waals surface area contributed by atoms with Gasteiger partial charge in [-0.05, 0) is 35.9 Å². The van der Waals surface area contributed by atoms with Gasteiger partial charge in [-0.1, -0.05) is 6.07 Å². The summed E-state index contributed by atoms with van der Waals surface area (Å²) in [5.41, 5.74) is 1.49. The highest BCUT2D eigenvalue weighted by atomic mass is 16.1. The minimum Gasteiger partial charge on any atom is -0.289 e. The highest BCUT2D eigenvalue weighted by molar-refractivity contribution is 6.06. The van der Waals surface area contributed by atoms with Gasteiger partial charge in [0, 0.05) is 30.4 Å². The summed E-state index contributed by atoms with van der Waals surface area (Å²) < 4.78 is 0. The summed E-state index contributed by atoms with van der Waals surface area (Å²) in [5.74, 6) is -0.0584. The minimum atomic E-state index is -0.0584. The third-order valence-corrected chi connectivity index (χ3v) is 2.06. The van der Waals surface area contributed by atoms with Crippen LogP contribution < -0.4 is 0 Å². The fourth-order valence-electron chi connectivity index (χ4n) is 1.25. The molecule has 2 aromatic heterocycles. The standard InChI is InChI=1S/C13H10N2O/c16-13(12-4-2-8-15-10-12)6-5-11-3-1-7-14-9-11/h1-10H. The molecule has 0 saturated carbocycles. The zero-order valence-electron chi connectivity index (χ0n) is 8.58. The maximum atomic E-state index is 11.7. The van der Waals surface area contributed by atoms with E-state index in [1.54, 1.807) is 43.0 Å². The van der Waals surface area contributed by atoms with E-state index in [2.05, 4.69) is 9.97 Å². The molecule has 0 aromatic carbocycles. The van der Waals surface area contributed by atoms with Crippen molar-refractivity contribution >= 4 is 11.9 Å². The summed E-state index contributed by atoms with van der Waals surface area (Å²) in [4.78, 5) is 19.5. The molecule has 0 N–H and O–H groups in total. The van der Waals surface area contributed by atoms with Crippen LogP contribution in [0.4, 0.5) is 0 Å². The number of hydrogen-bond acceptors (Lipinski definition) is 3. The van der Waals surface area contributed by atoms with Crippen molar-refractivity contribution in [2.45, 2.75) is 0 Å². The molecule has 2 rings (SSSR count). The van der Waals surface area contributed by atoms with Gasteiger partial charge in [0.1, 0.15) is 0 Å². The van der Waals surface area contributed by atoms with Crippen molar-refractivity contribution in [2.75, 3.05) is 0 Å². The SMILES string of the molecule is O=C(C=Cc1cccnc1)c1cccnc1. The molecule has 0 amide bonds. The first-order valence-electron chi connectivity index (χ1n) is 4.89. The maximum absolute atomic E-state index is 11.7. The normalized spacial score (nSPS) is 10.5. The molecule has 16 heavy (non-hydrogen) atoms. The van der Waals surface area contributed by atoms with Crippen LogP contribution in [0.15, 0.2) is 55.1 Å².